The predicted octanol–water partition coefficient (Wildman–Crippen LogP) is 4.72. The second-order valence-electron chi connectivity index (χ2n) is 5.71. The Kier molecular flexibility index (Phi) is 19.5. The van der Waals surface area contributed by atoms with Gasteiger partial charge >= 0.3 is 5.97 Å². The van der Waals surface area contributed by atoms with Crippen molar-refractivity contribution in [2.24, 2.45) is 0 Å². The maximum absolute atomic E-state index is 11.5. The van der Waals surface area contributed by atoms with Crippen LogP contribution in [0.1, 0.15) is 71.1 Å². The molecular weight excluding hydrogens is 316 g/mol. The molecule has 0 atom stereocenters. The van der Waals surface area contributed by atoms with Crippen molar-refractivity contribution in [2.75, 3.05) is 38.9 Å². The molecule has 0 unspecified atom stereocenters. The number of esters is 1. The first-order valence-electron chi connectivity index (χ1n) is 9.18. The van der Waals surface area contributed by atoms with Crippen LogP contribution in [0.2, 0.25) is 0 Å². The highest BCUT2D eigenvalue weighted by atomic mass is 35.5. The lowest BCUT2D eigenvalue weighted by Crippen LogP contribution is -2.13. The van der Waals surface area contributed by atoms with Gasteiger partial charge in [-0.3, -0.25) is 4.79 Å². The van der Waals surface area contributed by atoms with Crippen molar-refractivity contribution in [3.63, 3.8) is 0 Å². The number of rotatable bonds is 18. The zero-order chi connectivity index (χ0) is 17.0. The van der Waals surface area contributed by atoms with Gasteiger partial charge in [-0.15, -0.1) is 11.6 Å². The third-order valence-electron chi connectivity index (χ3n) is 3.57. The van der Waals surface area contributed by atoms with E-state index >= 15 is 0 Å². The third kappa shape index (κ3) is 19.6. The molecule has 0 saturated heterocycles. The third-order valence-corrected chi connectivity index (χ3v) is 3.72. The Balaban J connectivity index is 3.13. The van der Waals surface area contributed by atoms with Crippen LogP contribution in [-0.4, -0.2) is 44.9 Å². The molecule has 0 saturated carbocycles. The van der Waals surface area contributed by atoms with Crippen LogP contribution >= 0.6 is 11.6 Å². The fourth-order valence-electron chi connectivity index (χ4n) is 2.24. The van der Waals surface area contributed by atoms with Gasteiger partial charge in [-0.25, -0.2) is 0 Å². The molecule has 0 radical (unpaired) electrons. The number of alkyl halides is 1. The fourth-order valence-corrected chi connectivity index (χ4v) is 2.35. The smallest absolute Gasteiger partial charge is 0.305 e. The molecule has 0 amide bonds. The molecule has 138 valence electrons. The summed E-state index contributed by atoms with van der Waals surface area (Å²) in [4.78, 5) is 11.5. The van der Waals surface area contributed by atoms with Gasteiger partial charge in [0.2, 0.25) is 0 Å². The maximum Gasteiger partial charge on any atom is 0.305 e. The number of carbonyl (C=O) groups is 1. The quantitative estimate of drug-likeness (QED) is 0.204. The first-order chi connectivity index (χ1) is 11.3. The topological polar surface area (TPSA) is 44.8 Å². The minimum Gasteiger partial charge on any atom is -0.463 e. The highest BCUT2D eigenvalue weighted by Crippen LogP contribution is 2.10. The Morgan fingerprint density at radius 2 is 1.26 bits per heavy atom. The lowest BCUT2D eigenvalue weighted by atomic mass is 10.1. The number of hydrogen-bond donors (Lipinski definition) is 0. The Morgan fingerprint density at radius 1 is 0.739 bits per heavy atom. The van der Waals surface area contributed by atoms with Crippen molar-refractivity contribution in [1.82, 2.24) is 0 Å². The molecule has 0 rings (SSSR count). The molecule has 0 heterocycles. The second kappa shape index (κ2) is 19.7. The Bertz CT molecular complexity index is 249. The molecule has 0 aromatic heterocycles. The van der Waals surface area contributed by atoms with Crippen molar-refractivity contribution in [3.8, 4) is 0 Å². The molecule has 0 aliphatic heterocycles. The number of carbonyl (C=O) groups excluding carboxylic acids is 1. The molecule has 4 nitrogen and oxygen atoms in total. The summed E-state index contributed by atoms with van der Waals surface area (Å²) in [5.41, 5.74) is 0. The van der Waals surface area contributed by atoms with Crippen LogP contribution in [0, 0.1) is 0 Å². The van der Waals surface area contributed by atoms with Crippen LogP contribution in [0.3, 0.4) is 0 Å². The van der Waals surface area contributed by atoms with Crippen LogP contribution in [0.25, 0.3) is 0 Å². The maximum atomic E-state index is 11.5. The van der Waals surface area contributed by atoms with Gasteiger partial charge in [-0.1, -0.05) is 58.3 Å². The van der Waals surface area contributed by atoms with E-state index in [2.05, 4.69) is 6.92 Å². The number of unbranched alkanes of at least 4 members (excludes halogenated alkanes) is 8. The van der Waals surface area contributed by atoms with Gasteiger partial charge in [-0.05, 0) is 6.42 Å². The molecule has 0 aliphatic rings. The summed E-state index contributed by atoms with van der Waals surface area (Å²) in [6, 6.07) is 0. The summed E-state index contributed by atoms with van der Waals surface area (Å²) in [6.45, 7) is 4.56. The minimum atomic E-state index is -0.116. The Morgan fingerprint density at radius 3 is 1.87 bits per heavy atom. The van der Waals surface area contributed by atoms with E-state index < -0.39 is 0 Å². The summed E-state index contributed by atoms with van der Waals surface area (Å²) in [5.74, 6) is 0.381. The zero-order valence-corrected chi connectivity index (χ0v) is 15.6. The average Bonchev–Trinajstić information content (AvgIpc) is 2.56. The van der Waals surface area contributed by atoms with Crippen molar-refractivity contribution < 1.29 is 19.0 Å². The molecule has 0 aromatic carbocycles. The van der Waals surface area contributed by atoms with Gasteiger partial charge in [0.05, 0.1) is 26.4 Å². The van der Waals surface area contributed by atoms with Gasteiger partial charge in [0, 0.05) is 12.3 Å². The lowest BCUT2D eigenvalue weighted by molar-refractivity contribution is -0.145. The number of halogens is 1. The van der Waals surface area contributed by atoms with Crippen LogP contribution in [0.4, 0.5) is 0 Å². The highest BCUT2D eigenvalue weighted by molar-refractivity contribution is 6.17. The molecule has 0 N–H and O–H groups in total. The van der Waals surface area contributed by atoms with E-state index in [1.807, 2.05) is 0 Å². The molecule has 5 heteroatoms. The van der Waals surface area contributed by atoms with Gasteiger partial charge in [-0.2, -0.15) is 0 Å². The number of hydrogen-bond acceptors (Lipinski definition) is 4. The van der Waals surface area contributed by atoms with E-state index in [1.54, 1.807) is 0 Å². The summed E-state index contributed by atoms with van der Waals surface area (Å²) in [6.07, 6.45) is 11.8. The molecule has 0 bridgehead atoms. The SMILES string of the molecule is CCCCCCCCCCCC(=O)OCCOCCOCCCl. The van der Waals surface area contributed by atoms with Gasteiger partial charge in [0.1, 0.15) is 6.61 Å². The fraction of sp³-hybridized carbons (Fsp3) is 0.944. The largest absolute Gasteiger partial charge is 0.463 e. The first kappa shape index (κ1) is 22.7. The van der Waals surface area contributed by atoms with E-state index in [4.69, 9.17) is 25.8 Å². The molecule has 0 aliphatic carbocycles. The van der Waals surface area contributed by atoms with Crippen LogP contribution in [-0.2, 0) is 19.0 Å². The van der Waals surface area contributed by atoms with E-state index in [1.165, 1.54) is 44.9 Å². The second-order valence-corrected chi connectivity index (χ2v) is 6.09. The highest BCUT2D eigenvalue weighted by Gasteiger charge is 2.02. The molecule has 23 heavy (non-hydrogen) atoms. The average molecular weight is 351 g/mol. The number of ether oxygens (including phenoxy) is 3. The van der Waals surface area contributed by atoms with Crippen molar-refractivity contribution in [2.45, 2.75) is 71.1 Å². The molecule has 0 aromatic rings. The Labute approximate surface area is 147 Å². The molecular formula is C18H35ClO4. The lowest BCUT2D eigenvalue weighted by Gasteiger charge is -2.06. The van der Waals surface area contributed by atoms with Crippen molar-refractivity contribution in [3.05, 3.63) is 0 Å². The predicted molar refractivity (Wildman–Crippen MR) is 95.2 cm³/mol. The standard InChI is InChI=1S/C18H35ClO4/c1-2-3-4-5-6-7-8-9-10-11-18(20)23-17-16-22-15-14-21-13-12-19/h2-17H2,1H3. The monoisotopic (exact) mass is 350 g/mol. The van der Waals surface area contributed by atoms with Crippen molar-refractivity contribution >= 4 is 17.6 Å². The van der Waals surface area contributed by atoms with Crippen LogP contribution in [0.15, 0.2) is 0 Å². The van der Waals surface area contributed by atoms with E-state index in [0.29, 0.717) is 45.3 Å². The van der Waals surface area contributed by atoms with Crippen molar-refractivity contribution in [1.29, 1.82) is 0 Å². The Hall–Kier alpha value is -0.320. The normalized spacial score (nSPS) is 10.9. The minimum absolute atomic E-state index is 0.116. The summed E-state index contributed by atoms with van der Waals surface area (Å²) < 4.78 is 15.6. The summed E-state index contributed by atoms with van der Waals surface area (Å²) in [5, 5.41) is 0. The molecule has 0 fully saturated rings. The van der Waals surface area contributed by atoms with E-state index in [-0.39, 0.29) is 5.97 Å². The van der Waals surface area contributed by atoms with Gasteiger partial charge in [0.15, 0.2) is 0 Å². The molecule has 0 spiro atoms. The van der Waals surface area contributed by atoms with E-state index in [0.717, 1.165) is 12.8 Å². The van der Waals surface area contributed by atoms with Gasteiger partial charge < -0.3 is 14.2 Å². The first-order valence-corrected chi connectivity index (χ1v) is 9.71. The zero-order valence-electron chi connectivity index (χ0n) is 14.8. The van der Waals surface area contributed by atoms with Gasteiger partial charge in [0.25, 0.3) is 0 Å². The van der Waals surface area contributed by atoms with Crippen LogP contribution < -0.4 is 0 Å². The summed E-state index contributed by atoms with van der Waals surface area (Å²) in [7, 11) is 0. The summed E-state index contributed by atoms with van der Waals surface area (Å²) >= 11 is 5.47. The van der Waals surface area contributed by atoms with Crippen LogP contribution in [0.5, 0.6) is 0 Å². The van der Waals surface area contributed by atoms with E-state index in [9.17, 15) is 4.79 Å².